The lowest BCUT2D eigenvalue weighted by Crippen LogP contribution is -2.36. The monoisotopic (exact) mass is 383 g/mol. The van der Waals surface area contributed by atoms with Crippen LogP contribution >= 0.6 is 11.3 Å². The number of morpholine rings is 1. The topological polar surface area (TPSA) is 56.7 Å². The van der Waals surface area contributed by atoms with Crippen LogP contribution in [-0.4, -0.2) is 50.5 Å². The molecule has 1 aliphatic rings. The minimum Gasteiger partial charge on any atom is -0.497 e. The lowest BCUT2D eigenvalue weighted by atomic mass is 10.1. The van der Waals surface area contributed by atoms with Crippen LogP contribution in [0.15, 0.2) is 41.9 Å². The molecule has 0 bridgehead atoms. The zero-order valence-corrected chi connectivity index (χ0v) is 16.2. The fourth-order valence-electron chi connectivity index (χ4n) is 3.06. The summed E-state index contributed by atoms with van der Waals surface area (Å²) in [7, 11) is 3.30. The maximum Gasteiger partial charge on any atom is 0.131 e. The smallest absolute Gasteiger partial charge is 0.131 e. The van der Waals surface area contributed by atoms with E-state index in [1.54, 1.807) is 25.6 Å². The third-order valence-corrected chi connectivity index (χ3v) is 5.41. The van der Waals surface area contributed by atoms with E-state index in [-0.39, 0.29) is 0 Å². The number of hydrogen-bond acceptors (Lipinski definition) is 7. The Bertz CT molecular complexity index is 922. The normalized spacial score (nSPS) is 14.2. The summed E-state index contributed by atoms with van der Waals surface area (Å²) in [6.45, 7) is 3.21. The van der Waals surface area contributed by atoms with Gasteiger partial charge in [0.05, 0.1) is 33.1 Å². The minimum absolute atomic E-state index is 0.741. The molecular formula is C20H21N3O3S. The molecule has 1 saturated heterocycles. The molecule has 1 fully saturated rings. The summed E-state index contributed by atoms with van der Waals surface area (Å²) in [6.07, 6.45) is 1.84. The molecule has 0 aliphatic carbocycles. The van der Waals surface area contributed by atoms with Crippen LogP contribution in [0, 0.1) is 0 Å². The first-order chi connectivity index (χ1) is 13.3. The first-order valence-corrected chi connectivity index (χ1v) is 9.63. The number of anilines is 1. The summed E-state index contributed by atoms with van der Waals surface area (Å²) >= 11 is 1.61. The number of hydrogen-bond donors (Lipinski definition) is 0. The van der Waals surface area contributed by atoms with Gasteiger partial charge in [0.15, 0.2) is 0 Å². The highest BCUT2D eigenvalue weighted by Crippen LogP contribution is 2.36. The van der Waals surface area contributed by atoms with Gasteiger partial charge in [-0.1, -0.05) is 0 Å². The van der Waals surface area contributed by atoms with Crippen molar-refractivity contribution in [2.75, 3.05) is 45.4 Å². The zero-order valence-electron chi connectivity index (χ0n) is 15.3. The van der Waals surface area contributed by atoms with Crippen LogP contribution in [0.25, 0.3) is 21.8 Å². The van der Waals surface area contributed by atoms with Crippen molar-refractivity contribution in [3.63, 3.8) is 0 Å². The van der Waals surface area contributed by atoms with Gasteiger partial charge in [-0.25, -0.2) is 9.97 Å². The first kappa shape index (κ1) is 17.8. The van der Waals surface area contributed by atoms with Gasteiger partial charge in [-0.3, -0.25) is 0 Å². The van der Waals surface area contributed by atoms with E-state index in [1.165, 1.54) is 0 Å². The van der Waals surface area contributed by atoms with Crippen molar-refractivity contribution in [3.8, 4) is 33.3 Å². The zero-order chi connectivity index (χ0) is 18.6. The molecule has 0 spiro atoms. The van der Waals surface area contributed by atoms with Crippen LogP contribution in [0.5, 0.6) is 11.5 Å². The minimum atomic E-state index is 0.741. The number of aromatic nitrogens is 2. The number of thiazole rings is 1. The molecule has 2 aromatic heterocycles. The van der Waals surface area contributed by atoms with E-state index >= 15 is 0 Å². The van der Waals surface area contributed by atoms with Crippen LogP contribution in [0.2, 0.25) is 0 Å². The predicted octanol–water partition coefficient (Wildman–Crippen LogP) is 3.73. The van der Waals surface area contributed by atoms with E-state index < -0.39 is 0 Å². The average molecular weight is 383 g/mol. The van der Waals surface area contributed by atoms with Crippen LogP contribution in [-0.2, 0) is 4.74 Å². The maximum atomic E-state index is 5.51. The Morgan fingerprint density at radius 1 is 1.07 bits per heavy atom. The second kappa shape index (κ2) is 7.94. The predicted molar refractivity (Wildman–Crippen MR) is 107 cm³/mol. The summed E-state index contributed by atoms with van der Waals surface area (Å²) in [4.78, 5) is 11.6. The van der Waals surface area contributed by atoms with Gasteiger partial charge in [-0.15, -0.1) is 11.3 Å². The lowest BCUT2D eigenvalue weighted by molar-refractivity contribution is 0.122. The van der Waals surface area contributed by atoms with Gasteiger partial charge in [-0.2, -0.15) is 0 Å². The average Bonchev–Trinajstić information content (AvgIpc) is 3.24. The van der Waals surface area contributed by atoms with Gasteiger partial charge < -0.3 is 19.1 Å². The van der Waals surface area contributed by atoms with Crippen LogP contribution in [0.1, 0.15) is 0 Å². The summed E-state index contributed by atoms with van der Waals surface area (Å²) < 4.78 is 16.2. The van der Waals surface area contributed by atoms with Gasteiger partial charge in [0.1, 0.15) is 22.3 Å². The van der Waals surface area contributed by atoms with Gasteiger partial charge in [-0.05, 0) is 24.3 Å². The van der Waals surface area contributed by atoms with E-state index in [9.17, 15) is 0 Å². The Morgan fingerprint density at radius 3 is 2.70 bits per heavy atom. The van der Waals surface area contributed by atoms with Crippen molar-refractivity contribution in [2.24, 2.45) is 0 Å². The van der Waals surface area contributed by atoms with Crippen LogP contribution in [0.3, 0.4) is 0 Å². The Balaban J connectivity index is 1.63. The number of ether oxygens (including phenoxy) is 3. The SMILES string of the molecule is COc1ccc(-c2csc(-c3ccnc(N4CCOCC4)c3)n2)c(OC)c1. The molecular weight excluding hydrogens is 362 g/mol. The Morgan fingerprint density at radius 2 is 1.93 bits per heavy atom. The fourth-order valence-corrected chi connectivity index (χ4v) is 3.87. The summed E-state index contributed by atoms with van der Waals surface area (Å²) in [5.41, 5.74) is 2.90. The number of pyridine rings is 1. The number of rotatable bonds is 5. The maximum absolute atomic E-state index is 5.51. The molecule has 6 nitrogen and oxygen atoms in total. The van der Waals surface area contributed by atoms with Gasteiger partial charge >= 0.3 is 0 Å². The largest absolute Gasteiger partial charge is 0.497 e. The summed E-state index contributed by atoms with van der Waals surface area (Å²) in [5.74, 6) is 2.47. The molecule has 0 unspecified atom stereocenters. The van der Waals surface area contributed by atoms with Crippen LogP contribution < -0.4 is 14.4 Å². The number of benzene rings is 1. The fraction of sp³-hybridized carbons (Fsp3) is 0.300. The second-order valence-electron chi connectivity index (χ2n) is 6.11. The molecule has 1 aromatic carbocycles. The van der Waals surface area contributed by atoms with Gasteiger partial charge in [0, 0.05) is 41.9 Å². The molecule has 27 heavy (non-hydrogen) atoms. The van der Waals surface area contributed by atoms with E-state index in [2.05, 4.69) is 21.3 Å². The van der Waals surface area contributed by atoms with Crippen molar-refractivity contribution in [1.29, 1.82) is 0 Å². The van der Waals surface area contributed by atoms with Crippen molar-refractivity contribution in [2.45, 2.75) is 0 Å². The van der Waals surface area contributed by atoms with E-state index in [1.807, 2.05) is 30.5 Å². The van der Waals surface area contributed by atoms with E-state index in [0.29, 0.717) is 0 Å². The highest BCUT2D eigenvalue weighted by Gasteiger charge is 2.15. The van der Waals surface area contributed by atoms with Crippen molar-refractivity contribution in [1.82, 2.24) is 9.97 Å². The molecule has 0 atom stereocenters. The molecule has 0 N–H and O–H groups in total. The van der Waals surface area contributed by atoms with Crippen LogP contribution in [0.4, 0.5) is 5.82 Å². The first-order valence-electron chi connectivity index (χ1n) is 8.75. The molecule has 4 rings (SSSR count). The molecule has 1 aliphatic heterocycles. The van der Waals surface area contributed by atoms with E-state index in [0.717, 1.165) is 65.4 Å². The van der Waals surface area contributed by atoms with E-state index in [4.69, 9.17) is 19.2 Å². The second-order valence-corrected chi connectivity index (χ2v) is 6.96. The molecule has 0 radical (unpaired) electrons. The standard InChI is InChI=1S/C20H21N3O3S/c1-24-15-3-4-16(18(12-15)25-2)17-13-27-20(22-17)14-5-6-21-19(11-14)23-7-9-26-10-8-23/h3-6,11-13H,7-10H2,1-2H3. The lowest BCUT2D eigenvalue weighted by Gasteiger charge is -2.27. The Kier molecular flexibility index (Phi) is 5.22. The molecule has 0 saturated carbocycles. The molecule has 0 amide bonds. The number of methoxy groups -OCH3 is 2. The quantitative estimate of drug-likeness (QED) is 0.669. The Hall–Kier alpha value is -2.64. The molecule has 7 heteroatoms. The molecule has 3 aromatic rings. The van der Waals surface area contributed by atoms with Crippen molar-refractivity contribution >= 4 is 17.2 Å². The number of nitrogens with zero attached hydrogens (tertiary/aromatic N) is 3. The van der Waals surface area contributed by atoms with Crippen molar-refractivity contribution < 1.29 is 14.2 Å². The molecule has 140 valence electrons. The van der Waals surface area contributed by atoms with Crippen molar-refractivity contribution in [3.05, 3.63) is 41.9 Å². The summed E-state index contributed by atoms with van der Waals surface area (Å²) in [5, 5.41) is 3.01. The molecule has 3 heterocycles. The third kappa shape index (κ3) is 3.74. The highest BCUT2D eigenvalue weighted by molar-refractivity contribution is 7.13. The summed E-state index contributed by atoms with van der Waals surface area (Å²) in [6, 6.07) is 9.86. The van der Waals surface area contributed by atoms with Gasteiger partial charge in [0.2, 0.25) is 0 Å². The third-order valence-electron chi connectivity index (χ3n) is 4.52. The Labute approximate surface area is 162 Å². The van der Waals surface area contributed by atoms with Gasteiger partial charge in [0.25, 0.3) is 0 Å². The highest BCUT2D eigenvalue weighted by atomic mass is 32.1.